The summed E-state index contributed by atoms with van der Waals surface area (Å²) in [5.41, 5.74) is 5.44. The molecule has 4 N–H and O–H groups in total. The molecule has 2 amide bonds. The number of carbonyl (C=O) groups is 1. The average Bonchev–Trinajstić information content (AvgIpc) is 2.62. The predicted octanol–water partition coefficient (Wildman–Crippen LogP) is 0.753. The van der Waals surface area contributed by atoms with E-state index in [0.29, 0.717) is 5.92 Å². The van der Waals surface area contributed by atoms with E-state index in [4.69, 9.17) is 5.73 Å². The fourth-order valence-corrected chi connectivity index (χ4v) is 2.19. The van der Waals surface area contributed by atoms with Gasteiger partial charge in [0, 0.05) is 31.2 Å². The van der Waals surface area contributed by atoms with E-state index in [2.05, 4.69) is 22.5 Å². The summed E-state index contributed by atoms with van der Waals surface area (Å²) in [4.78, 5) is 14.1. The first-order valence-corrected chi connectivity index (χ1v) is 6.81. The van der Waals surface area contributed by atoms with E-state index in [1.165, 1.54) is 0 Å². The minimum Gasteiger partial charge on any atom is -0.334 e. The van der Waals surface area contributed by atoms with Crippen LogP contribution in [0.4, 0.5) is 4.79 Å². The summed E-state index contributed by atoms with van der Waals surface area (Å²) in [5, 5.41) is 5.96. The zero-order valence-corrected chi connectivity index (χ0v) is 12.1. The molecule has 2 atom stereocenters. The third-order valence-electron chi connectivity index (χ3n) is 3.07. The van der Waals surface area contributed by atoms with Gasteiger partial charge in [-0.25, -0.2) is 4.79 Å². The number of hydrogen-bond donors (Lipinski definition) is 3. The summed E-state index contributed by atoms with van der Waals surface area (Å²) >= 11 is 0. The molecule has 0 aromatic heterocycles. The number of nitrogens with one attached hydrogen (secondary N) is 2. The first kappa shape index (κ1) is 15.2. The normalized spacial score (nSPS) is 22.8. The minimum atomic E-state index is -0.184. The molecule has 1 saturated heterocycles. The van der Waals surface area contributed by atoms with Crippen LogP contribution in [0.2, 0.25) is 0 Å². The van der Waals surface area contributed by atoms with Gasteiger partial charge in [-0.1, -0.05) is 6.92 Å². The fourth-order valence-electron chi connectivity index (χ4n) is 2.19. The maximum absolute atomic E-state index is 11.7. The summed E-state index contributed by atoms with van der Waals surface area (Å²) in [6.07, 6.45) is 1.02. The van der Waals surface area contributed by atoms with Crippen LogP contribution in [-0.4, -0.2) is 48.7 Å². The zero-order chi connectivity index (χ0) is 13.8. The van der Waals surface area contributed by atoms with Gasteiger partial charge in [0.2, 0.25) is 0 Å². The van der Waals surface area contributed by atoms with E-state index in [1.807, 2.05) is 20.8 Å². The lowest BCUT2D eigenvalue weighted by Gasteiger charge is -2.23. The smallest absolute Gasteiger partial charge is 0.315 e. The average molecular weight is 256 g/mol. The van der Waals surface area contributed by atoms with Crippen LogP contribution in [0.25, 0.3) is 0 Å². The maximum atomic E-state index is 11.7. The molecule has 1 fully saturated rings. The number of hydrogen-bond acceptors (Lipinski definition) is 3. The molecule has 0 aromatic rings. The molecular weight excluding hydrogens is 228 g/mol. The molecule has 0 aliphatic carbocycles. The van der Waals surface area contributed by atoms with Crippen molar-refractivity contribution in [1.82, 2.24) is 15.5 Å². The minimum absolute atomic E-state index is 0.0683. The van der Waals surface area contributed by atoms with Gasteiger partial charge in [0.05, 0.1) is 0 Å². The number of urea groups is 1. The second-order valence-electron chi connectivity index (χ2n) is 6.43. The molecule has 1 aliphatic rings. The van der Waals surface area contributed by atoms with Crippen LogP contribution < -0.4 is 16.4 Å². The van der Waals surface area contributed by atoms with Gasteiger partial charge in [-0.05, 0) is 39.7 Å². The zero-order valence-electron chi connectivity index (χ0n) is 12.1. The molecule has 0 saturated carbocycles. The Morgan fingerprint density at radius 3 is 2.72 bits per heavy atom. The third-order valence-corrected chi connectivity index (χ3v) is 3.07. The van der Waals surface area contributed by atoms with Crippen LogP contribution in [0.3, 0.4) is 0 Å². The lowest BCUT2D eigenvalue weighted by Crippen LogP contribution is -2.50. The number of nitrogens with zero attached hydrogens (tertiary/aromatic N) is 1. The lowest BCUT2D eigenvalue weighted by molar-refractivity contribution is 0.226. The second kappa shape index (κ2) is 6.38. The van der Waals surface area contributed by atoms with Crippen molar-refractivity contribution in [2.45, 2.75) is 45.7 Å². The maximum Gasteiger partial charge on any atom is 0.315 e. The number of rotatable bonds is 4. The van der Waals surface area contributed by atoms with Crippen molar-refractivity contribution in [2.24, 2.45) is 11.7 Å². The molecule has 1 rings (SSSR count). The van der Waals surface area contributed by atoms with Crippen LogP contribution in [-0.2, 0) is 0 Å². The highest BCUT2D eigenvalue weighted by Crippen LogP contribution is 2.11. The van der Waals surface area contributed by atoms with E-state index < -0.39 is 0 Å². The molecule has 0 bridgehead atoms. The number of carbonyl (C=O) groups excluding carboxylic acids is 1. The van der Waals surface area contributed by atoms with Gasteiger partial charge in [0.15, 0.2) is 0 Å². The van der Waals surface area contributed by atoms with E-state index in [9.17, 15) is 4.79 Å². The summed E-state index contributed by atoms with van der Waals surface area (Å²) in [7, 11) is 0. The lowest BCUT2D eigenvalue weighted by atomic mass is 10.1. The Bertz CT molecular complexity index is 275. The third kappa shape index (κ3) is 5.69. The number of amides is 2. The SMILES string of the molecule is C[C@H](CN)CN1CC[C@@H](NC(=O)NC(C)(C)C)C1. The monoisotopic (exact) mass is 256 g/mol. The first-order chi connectivity index (χ1) is 8.30. The largest absolute Gasteiger partial charge is 0.334 e. The molecule has 0 unspecified atom stereocenters. The first-order valence-electron chi connectivity index (χ1n) is 6.81. The number of nitrogens with two attached hydrogens (primary N) is 1. The van der Waals surface area contributed by atoms with Crippen LogP contribution >= 0.6 is 0 Å². The number of likely N-dealkylation sites (tertiary alicyclic amines) is 1. The fraction of sp³-hybridized carbons (Fsp3) is 0.923. The Labute approximate surface area is 110 Å². The molecule has 106 valence electrons. The molecule has 18 heavy (non-hydrogen) atoms. The van der Waals surface area contributed by atoms with Gasteiger partial charge in [-0.15, -0.1) is 0 Å². The van der Waals surface area contributed by atoms with Gasteiger partial charge in [-0.2, -0.15) is 0 Å². The van der Waals surface area contributed by atoms with Crippen molar-refractivity contribution in [1.29, 1.82) is 0 Å². The Balaban J connectivity index is 2.28. The Morgan fingerprint density at radius 1 is 1.50 bits per heavy atom. The van der Waals surface area contributed by atoms with Crippen LogP contribution in [0.5, 0.6) is 0 Å². The van der Waals surface area contributed by atoms with Gasteiger partial charge < -0.3 is 21.3 Å². The molecule has 0 radical (unpaired) electrons. The predicted molar refractivity (Wildman–Crippen MR) is 74.5 cm³/mol. The molecular formula is C13H28N4O. The quantitative estimate of drug-likeness (QED) is 0.695. The molecule has 5 nitrogen and oxygen atoms in total. The van der Waals surface area contributed by atoms with E-state index in [1.54, 1.807) is 0 Å². The van der Waals surface area contributed by atoms with Gasteiger partial charge in [0.25, 0.3) is 0 Å². The Morgan fingerprint density at radius 2 is 2.17 bits per heavy atom. The highest BCUT2D eigenvalue weighted by atomic mass is 16.2. The second-order valence-corrected chi connectivity index (χ2v) is 6.43. The van der Waals surface area contributed by atoms with Gasteiger partial charge >= 0.3 is 6.03 Å². The van der Waals surface area contributed by atoms with Crippen molar-refractivity contribution in [3.05, 3.63) is 0 Å². The summed E-state index contributed by atoms with van der Waals surface area (Å²) in [5.74, 6) is 0.521. The topological polar surface area (TPSA) is 70.4 Å². The van der Waals surface area contributed by atoms with Crippen molar-refractivity contribution >= 4 is 6.03 Å². The van der Waals surface area contributed by atoms with Crippen LogP contribution in [0, 0.1) is 5.92 Å². The molecule has 1 aliphatic heterocycles. The molecule has 0 aromatic carbocycles. The standard InChI is InChI=1S/C13H28N4O/c1-10(7-14)8-17-6-5-11(9-17)15-12(18)16-13(2,3)4/h10-11H,5-9,14H2,1-4H3,(H2,15,16,18)/t10-,11-/m1/s1. The van der Waals surface area contributed by atoms with Crippen molar-refractivity contribution in [2.75, 3.05) is 26.2 Å². The summed E-state index contributed by atoms with van der Waals surface area (Å²) in [6.45, 7) is 11.8. The van der Waals surface area contributed by atoms with E-state index >= 15 is 0 Å². The highest BCUT2D eigenvalue weighted by Gasteiger charge is 2.25. The van der Waals surface area contributed by atoms with Crippen LogP contribution in [0.15, 0.2) is 0 Å². The van der Waals surface area contributed by atoms with Gasteiger partial charge in [-0.3, -0.25) is 0 Å². The van der Waals surface area contributed by atoms with Crippen molar-refractivity contribution < 1.29 is 4.79 Å². The highest BCUT2D eigenvalue weighted by molar-refractivity contribution is 5.75. The Hall–Kier alpha value is -0.810. The summed E-state index contributed by atoms with van der Waals surface area (Å²) in [6, 6.07) is 0.193. The van der Waals surface area contributed by atoms with Crippen molar-refractivity contribution in [3.8, 4) is 0 Å². The van der Waals surface area contributed by atoms with E-state index in [0.717, 1.165) is 32.6 Å². The molecule has 0 spiro atoms. The van der Waals surface area contributed by atoms with Crippen molar-refractivity contribution in [3.63, 3.8) is 0 Å². The van der Waals surface area contributed by atoms with Gasteiger partial charge in [0.1, 0.15) is 0 Å². The van der Waals surface area contributed by atoms with E-state index in [-0.39, 0.29) is 17.6 Å². The molecule has 1 heterocycles. The summed E-state index contributed by atoms with van der Waals surface area (Å²) < 4.78 is 0. The Kier molecular flexibility index (Phi) is 5.41. The van der Waals surface area contributed by atoms with Crippen LogP contribution in [0.1, 0.15) is 34.1 Å². The molecule has 5 heteroatoms.